The zero-order valence-electron chi connectivity index (χ0n) is 11.5. The van der Waals surface area contributed by atoms with Crippen molar-refractivity contribution in [2.24, 2.45) is 0 Å². The molecule has 1 N–H and O–H groups in total. The summed E-state index contributed by atoms with van der Waals surface area (Å²) < 4.78 is 0. The van der Waals surface area contributed by atoms with Crippen molar-refractivity contribution >= 4 is 22.7 Å². The fraction of sp³-hybridized carbons (Fsp3) is 0.312. The molecule has 5 nitrogen and oxygen atoms in total. The highest BCUT2D eigenvalue weighted by Gasteiger charge is 2.32. The summed E-state index contributed by atoms with van der Waals surface area (Å²) in [6, 6.07) is 11.6. The highest BCUT2D eigenvalue weighted by Crippen LogP contribution is 2.34. The number of hydrogen-bond acceptors (Lipinski definition) is 4. The molecule has 0 bridgehead atoms. The summed E-state index contributed by atoms with van der Waals surface area (Å²) in [5.74, 6) is -0.496. The van der Waals surface area contributed by atoms with E-state index >= 15 is 0 Å². The number of nitriles is 1. The van der Waals surface area contributed by atoms with Gasteiger partial charge in [-0.05, 0) is 25.0 Å². The van der Waals surface area contributed by atoms with Crippen LogP contribution in [0.5, 0.6) is 0 Å². The Morgan fingerprint density at radius 3 is 2.86 bits per heavy atom. The minimum atomic E-state index is -0.981. The fourth-order valence-corrected chi connectivity index (χ4v) is 2.50. The Bertz CT molecular complexity index is 732. The monoisotopic (exact) mass is 281 g/mol. The first-order chi connectivity index (χ1) is 10.2. The molecule has 21 heavy (non-hydrogen) atoms. The SMILES string of the molecule is N#CCCN(c1nc2ccccc2cc1C(=O)O)C1CC1. The number of hydrogen-bond donors (Lipinski definition) is 1. The predicted octanol–water partition coefficient (Wildman–Crippen LogP) is 2.82. The molecule has 3 rings (SSSR count). The Morgan fingerprint density at radius 2 is 2.19 bits per heavy atom. The average Bonchev–Trinajstić information content (AvgIpc) is 3.31. The normalized spacial score (nSPS) is 13.9. The number of rotatable bonds is 5. The Hall–Kier alpha value is -2.61. The minimum absolute atomic E-state index is 0.207. The number of carbonyl (C=O) groups is 1. The van der Waals surface area contributed by atoms with E-state index in [1.807, 2.05) is 29.2 Å². The lowest BCUT2D eigenvalue weighted by Gasteiger charge is -2.24. The first kappa shape index (κ1) is 13.4. The lowest BCUT2D eigenvalue weighted by atomic mass is 10.1. The maximum atomic E-state index is 11.6. The van der Waals surface area contributed by atoms with E-state index in [4.69, 9.17) is 5.26 Å². The summed E-state index contributed by atoms with van der Waals surface area (Å²) in [7, 11) is 0. The van der Waals surface area contributed by atoms with Crippen LogP contribution in [0.25, 0.3) is 10.9 Å². The van der Waals surface area contributed by atoms with Gasteiger partial charge in [0.1, 0.15) is 11.4 Å². The van der Waals surface area contributed by atoms with Crippen molar-refractivity contribution in [1.82, 2.24) is 4.98 Å². The molecule has 0 amide bonds. The summed E-state index contributed by atoms with van der Waals surface area (Å²) in [4.78, 5) is 18.1. The van der Waals surface area contributed by atoms with Gasteiger partial charge in [0.15, 0.2) is 0 Å². The van der Waals surface area contributed by atoms with Gasteiger partial charge < -0.3 is 10.0 Å². The summed E-state index contributed by atoms with van der Waals surface area (Å²) >= 11 is 0. The van der Waals surface area contributed by atoms with Crippen LogP contribution in [0.1, 0.15) is 29.6 Å². The molecule has 1 aromatic carbocycles. The van der Waals surface area contributed by atoms with Crippen LogP contribution < -0.4 is 4.90 Å². The number of para-hydroxylation sites is 1. The van der Waals surface area contributed by atoms with Crippen LogP contribution in [0.2, 0.25) is 0 Å². The maximum absolute atomic E-state index is 11.6. The molecule has 106 valence electrons. The lowest BCUT2D eigenvalue weighted by Crippen LogP contribution is -2.29. The molecular weight excluding hydrogens is 266 g/mol. The molecule has 1 heterocycles. The number of benzene rings is 1. The number of aromatic carboxylic acids is 1. The third kappa shape index (κ3) is 2.65. The van der Waals surface area contributed by atoms with Crippen LogP contribution in [-0.4, -0.2) is 28.6 Å². The minimum Gasteiger partial charge on any atom is -0.478 e. The van der Waals surface area contributed by atoms with Crippen molar-refractivity contribution in [3.05, 3.63) is 35.9 Å². The van der Waals surface area contributed by atoms with Crippen molar-refractivity contribution in [1.29, 1.82) is 5.26 Å². The van der Waals surface area contributed by atoms with Gasteiger partial charge in [0.2, 0.25) is 0 Å². The summed E-state index contributed by atoms with van der Waals surface area (Å²) in [5, 5.41) is 19.1. The quantitative estimate of drug-likeness (QED) is 0.911. The third-order valence-electron chi connectivity index (χ3n) is 3.66. The molecule has 1 aliphatic carbocycles. The molecule has 1 saturated carbocycles. The number of carboxylic acid groups (broad SMARTS) is 1. The van der Waals surface area contributed by atoms with Gasteiger partial charge in [0.25, 0.3) is 0 Å². The fourth-order valence-electron chi connectivity index (χ4n) is 2.50. The van der Waals surface area contributed by atoms with Crippen LogP contribution in [0.3, 0.4) is 0 Å². The van der Waals surface area contributed by atoms with Gasteiger partial charge in [0.05, 0.1) is 18.0 Å². The number of nitrogens with zero attached hydrogens (tertiary/aromatic N) is 3. The lowest BCUT2D eigenvalue weighted by molar-refractivity contribution is 0.0697. The van der Waals surface area contributed by atoms with Crippen molar-refractivity contribution in [3.63, 3.8) is 0 Å². The van der Waals surface area contributed by atoms with E-state index in [0.717, 1.165) is 23.7 Å². The van der Waals surface area contributed by atoms with E-state index < -0.39 is 5.97 Å². The Balaban J connectivity index is 2.11. The van der Waals surface area contributed by atoms with Gasteiger partial charge in [-0.15, -0.1) is 0 Å². The van der Waals surface area contributed by atoms with E-state index in [9.17, 15) is 9.90 Å². The van der Waals surface area contributed by atoms with Crippen molar-refractivity contribution < 1.29 is 9.90 Å². The highest BCUT2D eigenvalue weighted by atomic mass is 16.4. The summed E-state index contributed by atoms with van der Waals surface area (Å²) in [5.41, 5.74) is 0.985. The second kappa shape index (κ2) is 5.41. The van der Waals surface area contributed by atoms with Crippen molar-refractivity contribution in [2.45, 2.75) is 25.3 Å². The van der Waals surface area contributed by atoms with E-state index in [2.05, 4.69) is 11.1 Å². The van der Waals surface area contributed by atoms with Gasteiger partial charge in [-0.1, -0.05) is 18.2 Å². The molecule has 0 atom stereocenters. The zero-order chi connectivity index (χ0) is 14.8. The van der Waals surface area contributed by atoms with Crippen LogP contribution in [0.15, 0.2) is 30.3 Å². The van der Waals surface area contributed by atoms with Gasteiger partial charge >= 0.3 is 5.97 Å². The Labute approximate surface area is 122 Å². The largest absolute Gasteiger partial charge is 0.478 e. The number of carboxylic acids is 1. The van der Waals surface area contributed by atoms with Crippen LogP contribution in [-0.2, 0) is 0 Å². The van der Waals surface area contributed by atoms with E-state index in [1.165, 1.54) is 0 Å². The van der Waals surface area contributed by atoms with E-state index in [1.54, 1.807) is 6.07 Å². The first-order valence-electron chi connectivity index (χ1n) is 6.97. The molecule has 2 aromatic rings. The molecule has 0 saturated heterocycles. The second-order valence-electron chi connectivity index (χ2n) is 5.19. The zero-order valence-corrected chi connectivity index (χ0v) is 11.5. The molecule has 0 radical (unpaired) electrons. The smallest absolute Gasteiger partial charge is 0.339 e. The molecule has 5 heteroatoms. The Morgan fingerprint density at radius 1 is 1.43 bits per heavy atom. The van der Waals surface area contributed by atoms with Crippen molar-refractivity contribution in [2.75, 3.05) is 11.4 Å². The second-order valence-corrected chi connectivity index (χ2v) is 5.19. The molecular formula is C16H15N3O2. The van der Waals surface area contributed by atoms with Gasteiger partial charge in [0, 0.05) is 18.0 Å². The van der Waals surface area contributed by atoms with Gasteiger partial charge in [-0.3, -0.25) is 0 Å². The molecule has 1 aliphatic rings. The van der Waals surface area contributed by atoms with E-state index in [0.29, 0.717) is 24.8 Å². The molecule has 0 spiro atoms. The summed E-state index contributed by atoms with van der Waals surface area (Å²) in [6.45, 7) is 0.521. The number of aromatic nitrogens is 1. The van der Waals surface area contributed by atoms with Crippen molar-refractivity contribution in [3.8, 4) is 6.07 Å². The summed E-state index contributed by atoms with van der Waals surface area (Å²) in [6.07, 6.45) is 2.42. The number of anilines is 1. The molecule has 0 unspecified atom stereocenters. The average molecular weight is 281 g/mol. The standard InChI is InChI=1S/C16H15N3O2/c17-8-3-9-19(12-6-7-12)15-13(16(20)21)10-11-4-1-2-5-14(11)18-15/h1-2,4-5,10,12H,3,6-7,9H2,(H,20,21). The van der Waals surface area contributed by atoms with Crippen LogP contribution in [0.4, 0.5) is 5.82 Å². The van der Waals surface area contributed by atoms with E-state index in [-0.39, 0.29) is 5.56 Å². The Kier molecular flexibility index (Phi) is 3.44. The molecule has 1 aromatic heterocycles. The van der Waals surface area contributed by atoms with Gasteiger partial charge in [-0.25, -0.2) is 9.78 Å². The molecule has 0 aliphatic heterocycles. The third-order valence-corrected chi connectivity index (χ3v) is 3.66. The van der Waals surface area contributed by atoms with Gasteiger partial charge in [-0.2, -0.15) is 5.26 Å². The number of fused-ring (bicyclic) bond motifs is 1. The maximum Gasteiger partial charge on any atom is 0.339 e. The molecule has 1 fully saturated rings. The number of pyridine rings is 1. The predicted molar refractivity (Wildman–Crippen MR) is 79.3 cm³/mol. The first-order valence-corrected chi connectivity index (χ1v) is 6.97. The highest BCUT2D eigenvalue weighted by molar-refractivity contribution is 5.98. The van der Waals surface area contributed by atoms with Crippen LogP contribution in [0, 0.1) is 11.3 Å². The van der Waals surface area contributed by atoms with Crippen LogP contribution >= 0.6 is 0 Å². The topological polar surface area (TPSA) is 77.2 Å².